The zero-order valence-corrected chi connectivity index (χ0v) is 12.7. The summed E-state index contributed by atoms with van der Waals surface area (Å²) in [6.45, 7) is 6.38. The first-order valence-corrected chi connectivity index (χ1v) is 7.16. The summed E-state index contributed by atoms with van der Waals surface area (Å²) in [5.41, 5.74) is 3.27. The lowest BCUT2D eigenvalue weighted by Gasteiger charge is -2.23. The van der Waals surface area contributed by atoms with E-state index >= 15 is 0 Å². The van der Waals surface area contributed by atoms with Gasteiger partial charge in [0.2, 0.25) is 0 Å². The Labute approximate surface area is 115 Å². The summed E-state index contributed by atoms with van der Waals surface area (Å²) >= 11 is 5.09. The van der Waals surface area contributed by atoms with Crippen LogP contribution in [0, 0.1) is 5.82 Å². The van der Waals surface area contributed by atoms with Crippen molar-refractivity contribution >= 4 is 27.7 Å². The minimum atomic E-state index is -0.231. The molecule has 0 saturated carbocycles. The highest BCUT2D eigenvalue weighted by atomic mass is 79.9. The lowest BCUT2D eigenvalue weighted by Crippen LogP contribution is -2.31. The van der Waals surface area contributed by atoms with E-state index in [9.17, 15) is 4.39 Å². The number of halogens is 2. The van der Waals surface area contributed by atoms with Crippen molar-refractivity contribution in [2.75, 3.05) is 5.75 Å². The van der Waals surface area contributed by atoms with E-state index in [0.29, 0.717) is 5.56 Å². The second kappa shape index (κ2) is 6.18. The highest BCUT2D eigenvalue weighted by Gasteiger charge is 2.19. The van der Waals surface area contributed by atoms with Gasteiger partial charge in [0.1, 0.15) is 5.82 Å². The van der Waals surface area contributed by atoms with Crippen molar-refractivity contribution in [2.45, 2.75) is 31.6 Å². The van der Waals surface area contributed by atoms with E-state index in [1.807, 2.05) is 0 Å². The molecular weight excluding hydrogens is 303 g/mol. The monoisotopic (exact) mass is 320 g/mol. The van der Waals surface area contributed by atoms with Crippen LogP contribution in [0.3, 0.4) is 0 Å². The zero-order valence-electron chi connectivity index (χ0n) is 10.3. The first-order valence-electron chi connectivity index (χ1n) is 5.38. The van der Waals surface area contributed by atoms with Crippen LogP contribution in [0.1, 0.15) is 32.4 Å². The smallest absolute Gasteiger partial charge is 0.128 e. The van der Waals surface area contributed by atoms with Crippen molar-refractivity contribution < 1.29 is 4.39 Å². The predicted octanol–water partition coefficient (Wildman–Crippen LogP) is 3.62. The van der Waals surface area contributed by atoms with Crippen LogP contribution < -0.4 is 11.3 Å². The topological polar surface area (TPSA) is 38.0 Å². The van der Waals surface area contributed by atoms with Crippen LogP contribution in [-0.2, 0) is 0 Å². The zero-order chi connectivity index (χ0) is 13.1. The molecule has 17 heavy (non-hydrogen) atoms. The van der Waals surface area contributed by atoms with E-state index in [0.717, 1.165) is 10.2 Å². The average Bonchev–Trinajstić information content (AvgIpc) is 2.22. The molecule has 5 heteroatoms. The van der Waals surface area contributed by atoms with Crippen LogP contribution in [-0.4, -0.2) is 10.5 Å². The van der Waals surface area contributed by atoms with Crippen molar-refractivity contribution in [3.63, 3.8) is 0 Å². The fourth-order valence-electron chi connectivity index (χ4n) is 1.34. The van der Waals surface area contributed by atoms with Gasteiger partial charge in [-0.15, -0.1) is 0 Å². The summed E-state index contributed by atoms with van der Waals surface area (Å²) in [4.78, 5) is 0. The van der Waals surface area contributed by atoms with Crippen molar-refractivity contribution in [3.8, 4) is 0 Å². The van der Waals surface area contributed by atoms with Crippen LogP contribution in [0.2, 0.25) is 0 Å². The first-order chi connectivity index (χ1) is 7.83. The number of nitrogens with one attached hydrogen (secondary N) is 1. The van der Waals surface area contributed by atoms with Crippen molar-refractivity contribution in [1.82, 2.24) is 5.43 Å². The van der Waals surface area contributed by atoms with Crippen LogP contribution in [0.5, 0.6) is 0 Å². The van der Waals surface area contributed by atoms with Crippen molar-refractivity contribution in [1.29, 1.82) is 0 Å². The van der Waals surface area contributed by atoms with Gasteiger partial charge in [-0.05, 0) is 18.2 Å². The third-order valence-electron chi connectivity index (χ3n) is 2.22. The van der Waals surface area contributed by atoms with Crippen LogP contribution in [0.15, 0.2) is 22.7 Å². The maximum atomic E-state index is 13.7. The van der Waals surface area contributed by atoms with Gasteiger partial charge in [-0.1, -0.05) is 36.7 Å². The summed E-state index contributed by atoms with van der Waals surface area (Å²) in [6.07, 6.45) is 0. The molecule has 0 saturated heterocycles. The molecular formula is C12H18BrFN2S. The summed E-state index contributed by atoms with van der Waals surface area (Å²) in [6, 6.07) is 4.72. The van der Waals surface area contributed by atoms with E-state index in [2.05, 4.69) is 42.1 Å². The fraction of sp³-hybridized carbons (Fsp3) is 0.500. The Bertz CT molecular complexity index is 379. The second-order valence-corrected chi connectivity index (χ2v) is 7.57. The van der Waals surface area contributed by atoms with Crippen molar-refractivity contribution in [2.24, 2.45) is 5.84 Å². The van der Waals surface area contributed by atoms with Crippen molar-refractivity contribution in [3.05, 3.63) is 34.1 Å². The highest BCUT2D eigenvalue weighted by Crippen LogP contribution is 2.30. The van der Waals surface area contributed by atoms with Gasteiger partial charge in [-0.25, -0.2) is 4.39 Å². The molecule has 96 valence electrons. The SMILES string of the molecule is CC(C)(C)SCC(NN)c1cc(Br)ccc1F. The molecule has 3 N–H and O–H groups in total. The quantitative estimate of drug-likeness (QED) is 0.657. The number of thioether (sulfide) groups is 1. The van der Waals surface area contributed by atoms with Gasteiger partial charge in [0.05, 0.1) is 6.04 Å². The molecule has 1 atom stereocenters. The molecule has 1 rings (SSSR count). The van der Waals surface area contributed by atoms with Gasteiger partial charge in [0.15, 0.2) is 0 Å². The molecule has 0 bridgehead atoms. The Morgan fingerprint density at radius 3 is 2.65 bits per heavy atom. The standard InChI is InChI=1S/C12H18BrFN2S/c1-12(2,3)17-7-11(16-15)9-6-8(13)4-5-10(9)14/h4-6,11,16H,7,15H2,1-3H3. The number of hydrazine groups is 1. The predicted molar refractivity (Wildman–Crippen MR) is 76.4 cm³/mol. The molecule has 0 aliphatic carbocycles. The second-order valence-electron chi connectivity index (χ2n) is 4.81. The van der Waals surface area contributed by atoms with Crippen LogP contribution >= 0.6 is 27.7 Å². The Balaban J connectivity index is 2.82. The maximum Gasteiger partial charge on any atom is 0.128 e. The Kier molecular flexibility index (Phi) is 5.44. The fourth-order valence-corrected chi connectivity index (χ4v) is 2.66. The lowest BCUT2D eigenvalue weighted by molar-refractivity contribution is 0.545. The molecule has 1 unspecified atom stereocenters. The minimum Gasteiger partial charge on any atom is -0.271 e. The molecule has 0 amide bonds. The third-order valence-corrected chi connectivity index (χ3v) is 4.08. The van der Waals surface area contributed by atoms with Crippen LogP contribution in [0.25, 0.3) is 0 Å². The summed E-state index contributed by atoms with van der Waals surface area (Å²) in [7, 11) is 0. The average molecular weight is 321 g/mol. The molecule has 0 aromatic heterocycles. The first kappa shape index (κ1) is 15.0. The molecule has 0 spiro atoms. The number of rotatable bonds is 4. The Morgan fingerprint density at radius 1 is 1.47 bits per heavy atom. The Morgan fingerprint density at radius 2 is 2.12 bits per heavy atom. The number of benzene rings is 1. The van der Waals surface area contributed by atoms with Crippen LogP contribution in [0.4, 0.5) is 4.39 Å². The van der Waals surface area contributed by atoms with Gasteiger partial charge >= 0.3 is 0 Å². The molecule has 1 aromatic rings. The Hall–Kier alpha value is -0.100. The van der Waals surface area contributed by atoms with E-state index in [1.165, 1.54) is 6.07 Å². The molecule has 2 nitrogen and oxygen atoms in total. The van der Waals surface area contributed by atoms with Gasteiger partial charge in [-0.3, -0.25) is 11.3 Å². The van der Waals surface area contributed by atoms with E-state index in [-0.39, 0.29) is 16.6 Å². The van der Waals surface area contributed by atoms with Gasteiger partial charge < -0.3 is 0 Å². The molecule has 0 fully saturated rings. The molecule has 0 aliphatic heterocycles. The number of hydrogen-bond donors (Lipinski definition) is 2. The largest absolute Gasteiger partial charge is 0.271 e. The van der Waals surface area contributed by atoms with Gasteiger partial charge in [0.25, 0.3) is 0 Å². The number of hydrogen-bond acceptors (Lipinski definition) is 3. The third kappa shape index (κ3) is 4.95. The maximum absolute atomic E-state index is 13.7. The summed E-state index contributed by atoms with van der Waals surface area (Å²) < 4.78 is 14.7. The minimum absolute atomic E-state index is 0.136. The summed E-state index contributed by atoms with van der Waals surface area (Å²) in [5.74, 6) is 6.01. The molecule has 0 heterocycles. The molecule has 0 aliphatic rings. The van der Waals surface area contributed by atoms with Gasteiger partial charge in [0, 0.05) is 20.5 Å². The van der Waals surface area contributed by atoms with Gasteiger partial charge in [-0.2, -0.15) is 11.8 Å². The van der Waals surface area contributed by atoms with E-state index in [1.54, 1.807) is 23.9 Å². The summed E-state index contributed by atoms with van der Waals surface area (Å²) in [5, 5.41) is 0. The molecule has 0 radical (unpaired) electrons. The normalized spacial score (nSPS) is 13.8. The lowest BCUT2D eigenvalue weighted by atomic mass is 10.1. The molecule has 1 aromatic carbocycles. The van der Waals surface area contributed by atoms with E-state index in [4.69, 9.17) is 5.84 Å². The van der Waals surface area contributed by atoms with E-state index < -0.39 is 0 Å². The highest BCUT2D eigenvalue weighted by molar-refractivity contribution is 9.10. The number of nitrogens with two attached hydrogens (primary N) is 1.